The average Bonchev–Trinajstić information content (AvgIpc) is 2.34. The van der Waals surface area contributed by atoms with Crippen LogP contribution >= 0.6 is 0 Å². The van der Waals surface area contributed by atoms with E-state index in [1.807, 2.05) is 0 Å². The van der Waals surface area contributed by atoms with E-state index in [1.165, 1.54) is 45.0 Å². The van der Waals surface area contributed by atoms with E-state index in [2.05, 4.69) is 4.72 Å². The molecule has 0 aliphatic heterocycles. The number of nitrogens with one attached hydrogen (secondary N) is 1. The number of carboxylic acid groups (broad SMARTS) is 1. The lowest BCUT2D eigenvalue weighted by molar-refractivity contribution is -0.131. The molecule has 1 aromatic rings. The minimum atomic E-state index is -3.58. The summed E-state index contributed by atoms with van der Waals surface area (Å²) < 4.78 is 38.8. The van der Waals surface area contributed by atoms with Crippen molar-refractivity contribution in [1.29, 1.82) is 0 Å². The van der Waals surface area contributed by atoms with Crippen LogP contribution in [0.5, 0.6) is 0 Å². The molecule has 0 atom stereocenters. The fourth-order valence-corrected chi connectivity index (χ4v) is 2.17. The van der Waals surface area contributed by atoms with Gasteiger partial charge < -0.3 is 5.11 Å². The van der Waals surface area contributed by atoms with Gasteiger partial charge in [-0.25, -0.2) is 22.3 Å². The molecule has 0 aliphatic carbocycles. The fraction of sp³-hybridized carbons (Fsp3) is 0.357. The molecule has 0 spiro atoms. The first-order chi connectivity index (χ1) is 9.53. The van der Waals surface area contributed by atoms with Crippen LogP contribution in [0.25, 0.3) is 6.08 Å². The van der Waals surface area contributed by atoms with Gasteiger partial charge >= 0.3 is 5.97 Å². The van der Waals surface area contributed by atoms with Crippen LogP contribution in [-0.4, -0.2) is 24.2 Å². The summed E-state index contributed by atoms with van der Waals surface area (Å²) in [6.45, 7) is 4.42. The number of halogens is 1. The van der Waals surface area contributed by atoms with Crippen molar-refractivity contribution in [2.24, 2.45) is 0 Å². The average molecular weight is 315 g/mol. The zero-order chi connectivity index (χ0) is 16.3. The molecule has 5 nitrogen and oxygen atoms in total. The number of carboxylic acids is 1. The van der Waals surface area contributed by atoms with Crippen LogP contribution < -0.4 is 4.72 Å². The number of hydrogen-bond donors (Lipinski definition) is 2. The number of rotatable bonds is 5. The Labute approximate surface area is 123 Å². The molecule has 0 radical (unpaired) electrons. The maximum Gasteiger partial charge on any atom is 0.328 e. The van der Waals surface area contributed by atoms with Gasteiger partial charge in [0.25, 0.3) is 0 Å². The third-order valence-corrected chi connectivity index (χ3v) is 4.88. The van der Waals surface area contributed by atoms with Gasteiger partial charge in [0.1, 0.15) is 5.82 Å². The van der Waals surface area contributed by atoms with E-state index in [0.29, 0.717) is 5.56 Å². The Morgan fingerprint density at radius 2 is 2.00 bits per heavy atom. The Hall–Kier alpha value is -1.73. The van der Waals surface area contributed by atoms with Gasteiger partial charge in [-0.2, -0.15) is 0 Å². The number of sulfonamides is 1. The Morgan fingerprint density at radius 1 is 1.38 bits per heavy atom. The van der Waals surface area contributed by atoms with Crippen molar-refractivity contribution < 1.29 is 22.7 Å². The van der Waals surface area contributed by atoms with Crippen LogP contribution in [-0.2, 0) is 21.4 Å². The third-order valence-electron chi connectivity index (χ3n) is 2.75. The Kier molecular flexibility index (Phi) is 5.25. The number of hydrogen-bond acceptors (Lipinski definition) is 3. The first kappa shape index (κ1) is 17.3. The maximum absolute atomic E-state index is 13.7. The van der Waals surface area contributed by atoms with Crippen LogP contribution in [0.15, 0.2) is 24.3 Å². The van der Waals surface area contributed by atoms with E-state index in [1.54, 1.807) is 0 Å². The molecule has 0 unspecified atom stereocenters. The first-order valence-corrected chi connectivity index (χ1v) is 7.70. The van der Waals surface area contributed by atoms with Gasteiger partial charge in [0.15, 0.2) is 0 Å². The predicted octanol–water partition coefficient (Wildman–Crippen LogP) is 2.14. The van der Waals surface area contributed by atoms with Crippen LogP contribution in [0, 0.1) is 5.82 Å². The highest BCUT2D eigenvalue weighted by Gasteiger charge is 2.28. The van der Waals surface area contributed by atoms with Gasteiger partial charge in [0.2, 0.25) is 10.0 Å². The molecular weight excluding hydrogens is 297 g/mol. The van der Waals surface area contributed by atoms with Crippen LogP contribution in [0.3, 0.4) is 0 Å². The molecule has 2 N–H and O–H groups in total. The summed E-state index contributed by atoms with van der Waals surface area (Å²) in [7, 11) is -3.58. The molecule has 1 rings (SSSR count). The smallest absolute Gasteiger partial charge is 0.328 e. The molecule has 0 saturated heterocycles. The molecule has 0 heterocycles. The largest absolute Gasteiger partial charge is 0.478 e. The number of carbonyl (C=O) groups is 1. The van der Waals surface area contributed by atoms with Crippen molar-refractivity contribution in [3.8, 4) is 0 Å². The molecule has 21 heavy (non-hydrogen) atoms. The van der Waals surface area contributed by atoms with Crippen molar-refractivity contribution in [3.63, 3.8) is 0 Å². The second-order valence-electron chi connectivity index (χ2n) is 5.46. The molecular formula is C14H18FNO4S. The minimum absolute atomic E-state index is 0.148. The summed E-state index contributed by atoms with van der Waals surface area (Å²) >= 11 is 0. The van der Waals surface area contributed by atoms with E-state index >= 15 is 0 Å². The standard InChI is InChI=1S/C14H18FNO4S/c1-14(2,3)21(19,20)16-9-11-8-10(4-6-12(11)15)5-7-13(17)18/h4-8,16H,9H2,1-3H3,(H,17,18). The van der Waals surface area contributed by atoms with Gasteiger partial charge in [-0.15, -0.1) is 0 Å². The van der Waals surface area contributed by atoms with E-state index < -0.39 is 26.6 Å². The molecule has 0 saturated carbocycles. The molecule has 7 heteroatoms. The quantitative estimate of drug-likeness (QED) is 0.816. The minimum Gasteiger partial charge on any atom is -0.478 e. The third kappa shape index (κ3) is 4.95. The summed E-state index contributed by atoms with van der Waals surface area (Å²) in [6.07, 6.45) is 2.24. The zero-order valence-corrected chi connectivity index (χ0v) is 12.9. The summed E-state index contributed by atoms with van der Waals surface area (Å²) in [4.78, 5) is 10.4. The second kappa shape index (κ2) is 6.36. The van der Waals surface area contributed by atoms with Crippen molar-refractivity contribution in [2.75, 3.05) is 0 Å². The lowest BCUT2D eigenvalue weighted by Crippen LogP contribution is -2.39. The number of benzene rings is 1. The maximum atomic E-state index is 13.7. The van der Waals surface area contributed by atoms with Crippen molar-refractivity contribution >= 4 is 22.1 Å². The summed E-state index contributed by atoms with van der Waals surface area (Å²) in [5.41, 5.74) is 0.624. The topological polar surface area (TPSA) is 83.5 Å². The molecule has 116 valence electrons. The van der Waals surface area contributed by atoms with E-state index in [0.717, 1.165) is 6.08 Å². The normalized spacial score (nSPS) is 12.8. The van der Waals surface area contributed by atoms with Gasteiger partial charge in [-0.1, -0.05) is 6.07 Å². The number of aliphatic carboxylic acids is 1. The molecule has 0 aliphatic rings. The van der Waals surface area contributed by atoms with Crippen LogP contribution in [0.2, 0.25) is 0 Å². The van der Waals surface area contributed by atoms with Gasteiger partial charge in [-0.05, 0) is 44.5 Å². The molecule has 0 bridgehead atoms. The summed E-state index contributed by atoms with van der Waals surface area (Å²) in [6, 6.07) is 3.98. The monoisotopic (exact) mass is 315 g/mol. The van der Waals surface area contributed by atoms with Gasteiger partial charge in [0, 0.05) is 18.2 Å². The lowest BCUT2D eigenvalue weighted by Gasteiger charge is -2.19. The van der Waals surface area contributed by atoms with E-state index in [9.17, 15) is 17.6 Å². The van der Waals surface area contributed by atoms with Crippen LogP contribution in [0.4, 0.5) is 4.39 Å². The van der Waals surface area contributed by atoms with Crippen molar-refractivity contribution in [3.05, 3.63) is 41.2 Å². The molecule has 1 aromatic carbocycles. The highest BCUT2D eigenvalue weighted by molar-refractivity contribution is 7.90. The SMILES string of the molecule is CC(C)(C)S(=O)(=O)NCc1cc(C=CC(=O)O)ccc1F. The van der Waals surface area contributed by atoms with Crippen LogP contribution in [0.1, 0.15) is 31.9 Å². The Morgan fingerprint density at radius 3 is 2.52 bits per heavy atom. The van der Waals surface area contributed by atoms with Crippen molar-refractivity contribution in [1.82, 2.24) is 4.72 Å². The molecule has 0 amide bonds. The summed E-state index contributed by atoms with van der Waals surface area (Å²) in [5, 5.41) is 8.55. The van der Waals surface area contributed by atoms with E-state index in [4.69, 9.17) is 5.11 Å². The predicted molar refractivity (Wildman–Crippen MR) is 78.6 cm³/mol. The zero-order valence-electron chi connectivity index (χ0n) is 12.1. The highest BCUT2D eigenvalue weighted by atomic mass is 32.2. The lowest BCUT2D eigenvalue weighted by atomic mass is 10.1. The molecule has 0 fully saturated rings. The van der Waals surface area contributed by atoms with Crippen molar-refractivity contribution in [2.45, 2.75) is 32.1 Å². The Bertz CT molecular complexity index is 660. The van der Waals surface area contributed by atoms with E-state index in [-0.39, 0.29) is 12.1 Å². The fourth-order valence-electron chi connectivity index (χ4n) is 1.39. The summed E-state index contributed by atoms with van der Waals surface area (Å²) in [5.74, 6) is -1.67. The molecule has 0 aromatic heterocycles. The van der Waals surface area contributed by atoms with Gasteiger partial charge in [-0.3, -0.25) is 0 Å². The first-order valence-electron chi connectivity index (χ1n) is 6.21. The van der Waals surface area contributed by atoms with Gasteiger partial charge in [0.05, 0.1) is 4.75 Å². The second-order valence-corrected chi connectivity index (χ2v) is 7.98. The Balaban J connectivity index is 2.94. The highest BCUT2D eigenvalue weighted by Crippen LogP contribution is 2.16.